The van der Waals surface area contributed by atoms with E-state index in [9.17, 15) is 13.6 Å². The number of carbonyl (C=O) groups excluding carboxylic acids is 1. The topological polar surface area (TPSA) is 127 Å². The summed E-state index contributed by atoms with van der Waals surface area (Å²) in [6.45, 7) is 3.99. The quantitative estimate of drug-likeness (QED) is 0.0829. The zero-order valence-corrected chi connectivity index (χ0v) is 21.1. The zero-order chi connectivity index (χ0) is 27.5. The predicted molar refractivity (Wildman–Crippen MR) is 141 cm³/mol. The lowest BCUT2D eigenvalue weighted by Crippen LogP contribution is -2.10. The van der Waals surface area contributed by atoms with Crippen molar-refractivity contribution < 1.29 is 22.9 Å². The number of hydrazone groups is 1. The molecule has 3 aromatic carbocycles. The third-order valence-corrected chi connectivity index (χ3v) is 5.99. The number of aromatic nitrogens is 4. The van der Waals surface area contributed by atoms with Gasteiger partial charge >= 0.3 is 5.97 Å². The summed E-state index contributed by atoms with van der Waals surface area (Å²) in [5.41, 5.74) is 6.60. The lowest BCUT2D eigenvalue weighted by atomic mass is 10.1. The van der Waals surface area contributed by atoms with Crippen molar-refractivity contribution in [2.75, 3.05) is 10.7 Å². The van der Waals surface area contributed by atoms with E-state index in [1.807, 2.05) is 32.0 Å². The molecule has 13 heteroatoms. The van der Waals surface area contributed by atoms with Gasteiger partial charge in [0, 0.05) is 5.69 Å². The summed E-state index contributed by atoms with van der Waals surface area (Å²) in [6.07, 6.45) is 1.51. The third-order valence-electron chi connectivity index (χ3n) is 5.68. The lowest BCUT2D eigenvalue weighted by Gasteiger charge is -2.12. The van der Waals surface area contributed by atoms with Gasteiger partial charge < -0.3 is 10.1 Å². The molecule has 0 bridgehead atoms. The van der Waals surface area contributed by atoms with E-state index in [0.717, 1.165) is 16.8 Å². The molecule has 5 aromatic rings. The Morgan fingerprint density at radius 1 is 1.00 bits per heavy atom. The molecule has 0 radical (unpaired) electrons. The van der Waals surface area contributed by atoms with Crippen molar-refractivity contribution in [1.82, 2.24) is 20.3 Å². The maximum Gasteiger partial charge on any atom is 0.345 e. The third kappa shape index (κ3) is 5.65. The van der Waals surface area contributed by atoms with Crippen LogP contribution in [-0.4, -0.2) is 32.5 Å². The fourth-order valence-electron chi connectivity index (χ4n) is 3.45. The number of hydrogen-bond acceptors (Lipinski definition) is 10. The van der Waals surface area contributed by atoms with Crippen molar-refractivity contribution >= 4 is 52.4 Å². The van der Waals surface area contributed by atoms with E-state index in [2.05, 4.69) is 36.1 Å². The van der Waals surface area contributed by atoms with Crippen molar-refractivity contribution in [3.63, 3.8) is 0 Å². The molecule has 2 aromatic heterocycles. The summed E-state index contributed by atoms with van der Waals surface area (Å²) in [5, 5.41) is 14.7. The molecule has 0 aliphatic carbocycles. The second-order valence-corrected chi connectivity index (χ2v) is 8.69. The molecule has 2 heterocycles. The van der Waals surface area contributed by atoms with Gasteiger partial charge in [0.25, 0.3) is 0 Å². The average Bonchev–Trinajstić information content (AvgIpc) is 3.37. The van der Waals surface area contributed by atoms with Gasteiger partial charge in [-0.05, 0) is 83.3 Å². The van der Waals surface area contributed by atoms with E-state index in [4.69, 9.17) is 21.0 Å². The number of hydrogen-bond donors (Lipinski definition) is 2. The fourth-order valence-corrected chi connectivity index (χ4v) is 3.68. The van der Waals surface area contributed by atoms with Gasteiger partial charge in [0.1, 0.15) is 5.75 Å². The molecule has 39 heavy (non-hydrogen) atoms. The minimum Gasteiger partial charge on any atom is -0.423 e. The Balaban J connectivity index is 1.30. The normalized spacial score (nSPS) is 11.2. The monoisotopic (exact) mass is 549 g/mol. The first kappa shape index (κ1) is 25.7. The number of aryl methyl sites for hydroxylation is 1. The van der Waals surface area contributed by atoms with Crippen molar-refractivity contribution in [2.45, 2.75) is 13.8 Å². The van der Waals surface area contributed by atoms with Crippen molar-refractivity contribution in [3.05, 3.63) is 93.5 Å². The minimum absolute atomic E-state index is 0.167. The van der Waals surface area contributed by atoms with E-state index in [1.165, 1.54) is 18.3 Å². The molecule has 196 valence electrons. The Labute approximate surface area is 224 Å². The van der Waals surface area contributed by atoms with Crippen LogP contribution in [0.15, 0.2) is 64.3 Å². The largest absolute Gasteiger partial charge is 0.423 e. The number of nitrogens with one attached hydrogen (secondary N) is 2. The Hall–Kier alpha value is -4.97. The van der Waals surface area contributed by atoms with Gasteiger partial charge in [-0.3, -0.25) is 5.43 Å². The van der Waals surface area contributed by atoms with Crippen LogP contribution in [0.3, 0.4) is 0 Å². The number of anilines is 3. The van der Waals surface area contributed by atoms with E-state index >= 15 is 0 Å². The van der Waals surface area contributed by atoms with Crippen LogP contribution in [0.1, 0.15) is 27.0 Å². The number of fused-ring (bicyclic) bond motifs is 1. The van der Waals surface area contributed by atoms with Gasteiger partial charge in [0.05, 0.1) is 16.8 Å². The number of rotatable bonds is 7. The Morgan fingerprint density at radius 2 is 1.69 bits per heavy atom. The highest BCUT2D eigenvalue weighted by atomic mass is 35.5. The zero-order valence-electron chi connectivity index (χ0n) is 20.4. The van der Waals surface area contributed by atoms with Crippen LogP contribution in [0.4, 0.5) is 26.1 Å². The van der Waals surface area contributed by atoms with E-state index in [1.54, 1.807) is 12.1 Å². The number of halogens is 3. The first-order valence-electron chi connectivity index (χ1n) is 11.4. The Kier molecular flexibility index (Phi) is 7.10. The van der Waals surface area contributed by atoms with Crippen LogP contribution >= 0.6 is 11.6 Å². The Morgan fingerprint density at radius 3 is 2.44 bits per heavy atom. The summed E-state index contributed by atoms with van der Waals surface area (Å²) in [5.74, 6) is -2.48. The predicted octanol–water partition coefficient (Wildman–Crippen LogP) is 5.97. The maximum absolute atomic E-state index is 13.5. The van der Waals surface area contributed by atoms with Gasteiger partial charge in [0.2, 0.25) is 11.3 Å². The highest BCUT2D eigenvalue weighted by Crippen LogP contribution is 2.27. The van der Waals surface area contributed by atoms with Crippen molar-refractivity contribution in [1.29, 1.82) is 0 Å². The van der Waals surface area contributed by atoms with Crippen LogP contribution < -0.4 is 15.5 Å². The SMILES string of the molecule is Cc1cccc(Nc2nc3nonc3nc2N/N=C\c2ccc(OC(=O)c3cc(F)c(F)cc3Cl)cc2)c1C. The van der Waals surface area contributed by atoms with Gasteiger partial charge in [-0.1, -0.05) is 23.7 Å². The van der Waals surface area contributed by atoms with Crippen LogP contribution in [0.2, 0.25) is 5.02 Å². The average molecular weight is 550 g/mol. The minimum atomic E-state index is -1.21. The molecule has 0 atom stereocenters. The molecule has 5 rings (SSSR count). The van der Waals surface area contributed by atoms with Crippen molar-refractivity contribution in [2.24, 2.45) is 5.10 Å². The second-order valence-electron chi connectivity index (χ2n) is 8.28. The molecule has 0 unspecified atom stereocenters. The van der Waals surface area contributed by atoms with E-state index in [0.29, 0.717) is 23.5 Å². The van der Waals surface area contributed by atoms with Gasteiger partial charge in [-0.15, -0.1) is 0 Å². The molecule has 2 N–H and O–H groups in total. The first-order chi connectivity index (χ1) is 18.8. The van der Waals surface area contributed by atoms with Gasteiger partial charge in [-0.2, -0.15) is 10.1 Å². The Bertz CT molecular complexity index is 1730. The van der Waals surface area contributed by atoms with Crippen LogP contribution in [0, 0.1) is 25.5 Å². The molecule has 0 aliphatic rings. The molecular formula is C26H18ClF2N7O3. The van der Waals surface area contributed by atoms with Crippen molar-refractivity contribution in [3.8, 4) is 5.75 Å². The second kappa shape index (κ2) is 10.8. The number of benzene rings is 3. The molecule has 0 saturated heterocycles. The van der Waals surface area contributed by atoms with Gasteiger partial charge in [0.15, 0.2) is 23.3 Å². The van der Waals surface area contributed by atoms with E-state index < -0.39 is 17.6 Å². The molecule has 10 nitrogen and oxygen atoms in total. The standard InChI is InChI=1S/C26H18ClF2N7O3/c1-13-4-3-5-21(14(13)2)31-22-23(33-25-24(32-22)35-39-36-25)34-30-12-15-6-8-16(9-7-15)38-26(37)17-10-19(28)20(29)11-18(17)27/h3-12H,1-2H3,(H,31,32,35)(H,33,34,36)/b30-12-. The highest BCUT2D eigenvalue weighted by molar-refractivity contribution is 6.33. The summed E-state index contributed by atoms with van der Waals surface area (Å²) < 4.78 is 36.7. The fraction of sp³-hybridized carbons (Fsp3) is 0.0769. The molecule has 0 saturated carbocycles. The summed E-state index contributed by atoms with van der Waals surface area (Å²) in [4.78, 5) is 21.1. The number of carbonyl (C=O) groups is 1. The van der Waals surface area contributed by atoms with Crippen LogP contribution in [-0.2, 0) is 0 Å². The van der Waals surface area contributed by atoms with Gasteiger partial charge in [-0.25, -0.2) is 23.2 Å². The number of nitrogens with zero attached hydrogens (tertiary/aromatic N) is 5. The van der Waals surface area contributed by atoms with Crippen LogP contribution in [0.5, 0.6) is 5.75 Å². The molecule has 0 amide bonds. The highest BCUT2D eigenvalue weighted by Gasteiger charge is 2.17. The molecule has 0 aliphatic heterocycles. The molecular weight excluding hydrogens is 532 g/mol. The lowest BCUT2D eigenvalue weighted by molar-refractivity contribution is 0.0734. The molecule has 0 fully saturated rings. The first-order valence-corrected chi connectivity index (χ1v) is 11.8. The maximum atomic E-state index is 13.5. The number of ether oxygens (including phenoxy) is 1. The summed E-state index contributed by atoms with van der Waals surface area (Å²) in [6, 6.07) is 13.5. The van der Waals surface area contributed by atoms with E-state index in [-0.39, 0.29) is 33.4 Å². The molecule has 0 spiro atoms. The smallest absolute Gasteiger partial charge is 0.345 e. The number of esters is 1. The summed E-state index contributed by atoms with van der Waals surface area (Å²) >= 11 is 5.83. The summed E-state index contributed by atoms with van der Waals surface area (Å²) in [7, 11) is 0. The van der Waals surface area contributed by atoms with Crippen LogP contribution in [0.25, 0.3) is 11.3 Å².